The van der Waals surface area contributed by atoms with Crippen LogP contribution in [0.5, 0.6) is 0 Å². The number of hydrogen-bond acceptors (Lipinski definition) is 8. The lowest BCUT2D eigenvalue weighted by molar-refractivity contribution is -0.143. The van der Waals surface area contributed by atoms with Gasteiger partial charge in [-0.1, -0.05) is 34.1 Å². The lowest BCUT2D eigenvalue weighted by Crippen LogP contribution is -2.60. The van der Waals surface area contributed by atoms with Crippen molar-refractivity contribution in [3.8, 4) is 0 Å². The zero-order valence-corrected chi connectivity index (χ0v) is 23.6. The summed E-state index contributed by atoms with van der Waals surface area (Å²) in [4.78, 5) is 73.5. The highest BCUT2D eigenvalue weighted by Gasteiger charge is 2.34. The van der Waals surface area contributed by atoms with Gasteiger partial charge >= 0.3 is 11.9 Å². The molecule has 16 nitrogen and oxygen atoms in total. The second-order valence-corrected chi connectivity index (χ2v) is 9.92. The van der Waals surface area contributed by atoms with Crippen LogP contribution in [-0.4, -0.2) is 88.5 Å². The van der Waals surface area contributed by atoms with E-state index < -0.39 is 84.0 Å². The average molecular weight is 573 g/mol. The Balaban J connectivity index is 5.46. The molecule has 16 heteroatoms. The smallest absolute Gasteiger partial charge is 0.326 e. The van der Waals surface area contributed by atoms with Gasteiger partial charge in [0.2, 0.25) is 23.6 Å². The molecule has 0 heterocycles. The molecule has 0 aliphatic heterocycles. The van der Waals surface area contributed by atoms with Crippen molar-refractivity contribution in [3.63, 3.8) is 0 Å². The number of hydrogen-bond donors (Lipinski definition) is 10. The Labute approximate surface area is 233 Å². The fourth-order valence-corrected chi connectivity index (χ4v) is 3.47. The van der Waals surface area contributed by atoms with E-state index in [9.17, 15) is 33.9 Å². The predicted molar refractivity (Wildman–Crippen MR) is 145 cm³/mol. The highest BCUT2D eigenvalue weighted by atomic mass is 16.4. The number of nitrogens with one attached hydrogen (secondary N) is 6. The standard InChI is InChI=1S/C24H44N8O8/c1-6-12(4)18(22(38)30-15(23(39)40)8-7-9-28-24(26)27)32-21(37)17(11(2)3)31-19(35)13(5)29-20(36)14(25)10-16(33)34/h11-15,17-18H,6-10,25H2,1-5H3,(H,29,36)(H,30,38)(H,31,35)(H,32,37)(H,33,34)(H,39,40)(H4,26,27,28)/t12-,13-,14-,15-,17-,18-/m0/s1. The Morgan fingerprint density at radius 1 is 0.825 bits per heavy atom. The van der Waals surface area contributed by atoms with E-state index in [1.807, 2.05) is 0 Å². The molecule has 0 aromatic carbocycles. The largest absolute Gasteiger partial charge is 0.481 e. The number of nitrogens with two attached hydrogens (primary N) is 2. The molecule has 0 bridgehead atoms. The Bertz CT molecular complexity index is 929. The number of carboxylic acids is 2. The normalized spacial score (nSPS) is 15.4. The number of carbonyl (C=O) groups is 6. The molecule has 0 aliphatic carbocycles. The minimum atomic E-state index is -1.37. The summed E-state index contributed by atoms with van der Waals surface area (Å²) in [7, 11) is 0. The van der Waals surface area contributed by atoms with Gasteiger partial charge in [-0.15, -0.1) is 0 Å². The molecule has 0 unspecified atom stereocenters. The van der Waals surface area contributed by atoms with Crippen LogP contribution in [0.3, 0.4) is 0 Å². The predicted octanol–water partition coefficient (Wildman–Crippen LogP) is -2.20. The summed E-state index contributed by atoms with van der Waals surface area (Å²) < 4.78 is 0. The van der Waals surface area contributed by atoms with E-state index in [1.54, 1.807) is 27.7 Å². The van der Waals surface area contributed by atoms with Crippen LogP contribution in [0, 0.1) is 17.2 Å². The molecular formula is C24H44N8O8. The Kier molecular flexibility index (Phi) is 15.9. The maximum atomic E-state index is 13.2. The third-order valence-corrected chi connectivity index (χ3v) is 6.12. The van der Waals surface area contributed by atoms with Crippen molar-refractivity contribution >= 4 is 41.5 Å². The quantitative estimate of drug-likeness (QED) is 0.0477. The van der Waals surface area contributed by atoms with E-state index in [-0.39, 0.29) is 18.9 Å². The van der Waals surface area contributed by atoms with Gasteiger partial charge in [-0.25, -0.2) is 4.79 Å². The van der Waals surface area contributed by atoms with Gasteiger partial charge in [0.25, 0.3) is 0 Å². The van der Waals surface area contributed by atoms with E-state index in [2.05, 4.69) is 26.6 Å². The summed E-state index contributed by atoms with van der Waals surface area (Å²) in [6.07, 6.45) is 0.187. The molecule has 0 saturated heterocycles. The summed E-state index contributed by atoms with van der Waals surface area (Å²) in [6.45, 7) is 8.39. The molecule has 12 N–H and O–H groups in total. The van der Waals surface area contributed by atoms with Gasteiger partial charge in [-0.05, 0) is 31.6 Å². The van der Waals surface area contributed by atoms with Crippen LogP contribution in [0.2, 0.25) is 0 Å². The van der Waals surface area contributed by atoms with Crippen LogP contribution in [-0.2, 0) is 28.8 Å². The van der Waals surface area contributed by atoms with Gasteiger partial charge < -0.3 is 48.3 Å². The van der Waals surface area contributed by atoms with E-state index in [4.69, 9.17) is 22.0 Å². The molecule has 6 atom stereocenters. The van der Waals surface area contributed by atoms with Crippen molar-refractivity contribution in [2.24, 2.45) is 23.3 Å². The molecule has 0 fully saturated rings. The molecule has 0 radical (unpaired) electrons. The van der Waals surface area contributed by atoms with Crippen LogP contribution in [0.15, 0.2) is 0 Å². The zero-order chi connectivity index (χ0) is 31.2. The topological polar surface area (TPSA) is 279 Å². The average Bonchev–Trinajstić information content (AvgIpc) is 2.85. The lowest BCUT2D eigenvalue weighted by atomic mass is 9.96. The van der Waals surface area contributed by atoms with Crippen LogP contribution >= 0.6 is 0 Å². The summed E-state index contributed by atoms with van der Waals surface area (Å²) in [6, 6.07) is -6.00. The van der Waals surface area contributed by atoms with Gasteiger partial charge in [-0.2, -0.15) is 0 Å². The van der Waals surface area contributed by atoms with E-state index in [0.717, 1.165) is 0 Å². The minimum Gasteiger partial charge on any atom is -0.481 e. The Hall–Kier alpha value is -3.95. The molecule has 228 valence electrons. The number of guanidine groups is 1. The molecule has 40 heavy (non-hydrogen) atoms. The molecule has 0 saturated carbocycles. The number of rotatable bonds is 18. The molecule has 0 spiro atoms. The molecule has 4 amide bonds. The minimum absolute atomic E-state index is 0.0485. The number of carbonyl (C=O) groups excluding carboxylic acids is 4. The van der Waals surface area contributed by atoms with Crippen LogP contribution in [0.25, 0.3) is 0 Å². The molecule has 0 aliphatic rings. The van der Waals surface area contributed by atoms with E-state index >= 15 is 0 Å². The van der Waals surface area contributed by atoms with Gasteiger partial charge in [-0.3, -0.25) is 29.4 Å². The van der Waals surface area contributed by atoms with Crippen LogP contribution < -0.4 is 38.1 Å². The van der Waals surface area contributed by atoms with Crippen molar-refractivity contribution in [3.05, 3.63) is 0 Å². The molecule has 0 aromatic heterocycles. The zero-order valence-electron chi connectivity index (χ0n) is 23.6. The lowest BCUT2D eigenvalue weighted by Gasteiger charge is -2.29. The first-order chi connectivity index (χ1) is 18.5. The van der Waals surface area contributed by atoms with Gasteiger partial charge in [0.05, 0.1) is 12.5 Å². The van der Waals surface area contributed by atoms with Crippen LogP contribution in [0.1, 0.15) is 60.3 Å². The second kappa shape index (κ2) is 17.6. The van der Waals surface area contributed by atoms with Crippen molar-refractivity contribution in [1.82, 2.24) is 26.6 Å². The summed E-state index contributed by atoms with van der Waals surface area (Å²) in [5.74, 6) is -6.64. The Morgan fingerprint density at radius 2 is 1.38 bits per heavy atom. The maximum Gasteiger partial charge on any atom is 0.326 e. The number of aliphatic carboxylic acids is 2. The highest BCUT2D eigenvalue weighted by molar-refractivity contribution is 5.95. The monoisotopic (exact) mass is 572 g/mol. The van der Waals surface area contributed by atoms with Gasteiger partial charge in [0.1, 0.15) is 24.2 Å². The van der Waals surface area contributed by atoms with Crippen molar-refractivity contribution < 1.29 is 39.0 Å². The van der Waals surface area contributed by atoms with Gasteiger partial charge in [0.15, 0.2) is 5.96 Å². The third-order valence-electron chi connectivity index (χ3n) is 6.12. The molecular weight excluding hydrogens is 528 g/mol. The number of carboxylic acid groups (broad SMARTS) is 2. The third kappa shape index (κ3) is 13.2. The summed E-state index contributed by atoms with van der Waals surface area (Å²) in [5, 5.41) is 37.9. The number of amides is 4. The van der Waals surface area contributed by atoms with E-state index in [0.29, 0.717) is 12.8 Å². The van der Waals surface area contributed by atoms with Crippen LogP contribution in [0.4, 0.5) is 0 Å². The fraction of sp³-hybridized carbons (Fsp3) is 0.708. The first-order valence-electron chi connectivity index (χ1n) is 13.0. The van der Waals surface area contributed by atoms with Crippen molar-refractivity contribution in [1.29, 1.82) is 5.41 Å². The second-order valence-electron chi connectivity index (χ2n) is 9.92. The van der Waals surface area contributed by atoms with Crippen molar-refractivity contribution in [2.75, 3.05) is 6.54 Å². The summed E-state index contributed by atoms with van der Waals surface area (Å²) >= 11 is 0. The fourth-order valence-electron chi connectivity index (χ4n) is 3.47. The SMILES string of the molecule is CC[C@H](C)[C@H](NC(=O)[C@@H](NC(=O)[C@H](C)NC(=O)[C@@H](N)CC(=O)O)C(C)C)C(=O)N[C@@H](CCCNC(=N)N)C(=O)O. The van der Waals surface area contributed by atoms with Crippen molar-refractivity contribution in [2.45, 2.75) is 90.5 Å². The first-order valence-corrected chi connectivity index (χ1v) is 13.0. The molecule has 0 aromatic rings. The highest BCUT2D eigenvalue weighted by Crippen LogP contribution is 2.11. The summed E-state index contributed by atoms with van der Waals surface area (Å²) in [5.41, 5.74) is 10.7. The van der Waals surface area contributed by atoms with E-state index in [1.165, 1.54) is 6.92 Å². The Morgan fingerprint density at radius 3 is 1.85 bits per heavy atom. The molecule has 0 rings (SSSR count). The van der Waals surface area contributed by atoms with Gasteiger partial charge in [0, 0.05) is 6.54 Å². The first kappa shape index (κ1) is 36.0. The maximum absolute atomic E-state index is 13.2.